The highest BCUT2D eigenvalue weighted by atomic mass is 32.1. The Hall–Kier alpha value is -1.79. The highest BCUT2D eigenvalue weighted by Gasteiger charge is 2.27. The van der Waals surface area contributed by atoms with Crippen molar-refractivity contribution in [2.45, 2.75) is 39.5 Å². The summed E-state index contributed by atoms with van der Waals surface area (Å²) in [6.07, 6.45) is 6.44. The molecule has 0 spiro atoms. The third-order valence-corrected chi connectivity index (χ3v) is 6.41. The lowest BCUT2D eigenvalue weighted by molar-refractivity contribution is 0.0677. The number of likely N-dealkylation sites (tertiary alicyclic amines) is 1. The van der Waals surface area contributed by atoms with Gasteiger partial charge in [0.25, 0.3) is 5.91 Å². The van der Waals surface area contributed by atoms with Crippen LogP contribution in [0.3, 0.4) is 0 Å². The predicted molar refractivity (Wildman–Crippen MR) is 111 cm³/mol. The van der Waals surface area contributed by atoms with Crippen molar-refractivity contribution in [3.8, 4) is 10.7 Å². The van der Waals surface area contributed by atoms with Crippen molar-refractivity contribution in [1.82, 2.24) is 19.8 Å². The van der Waals surface area contributed by atoms with Crippen LogP contribution in [0.25, 0.3) is 10.7 Å². The molecule has 27 heavy (non-hydrogen) atoms. The number of hydrogen-bond donors (Lipinski definition) is 0. The second-order valence-electron chi connectivity index (χ2n) is 7.50. The van der Waals surface area contributed by atoms with Crippen LogP contribution >= 0.6 is 11.3 Å². The van der Waals surface area contributed by atoms with Gasteiger partial charge in [-0.25, -0.2) is 4.98 Å². The summed E-state index contributed by atoms with van der Waals surface area (Å²) in [6.45, 7) is 8.17. The van der Waals surface area contributed by atoms with E-state index in [1.807, 2.05) is 30.0 Å². The molecule has 3 rings (SSSR count). The van der Waals surface area contributed by atoms with E-state index >= 15 is 0 Å². The Kier molecular flexibility index (Phi) is 6.96. The van der Waals surface area contributed by atoms with Crippen LogP contribution in [-0.4, -0.2) is 58.9 Å². The lowest BCUT2D eigenvalue weighted by Gasteiger charge is -2.33. The monoisotopic (exact) mass is 386 g/mol. The van der Waals surface area contributed by atoms with E-state index in [2.05, 4.69) is 28.8 Å². The zero-order chi connectivity index (χ0) is 19.2. The first-order chi connectivity index (χ1) is 13.1. The van der Waals surface area contributed by atoms with Crippen LogP contribution in [0.15, 0.2) is 24.4 Å². The first kappa shape index (κ1) is 20.0. The van der Waals surface area contributed by atoms with E-state index in [0.29, 0.717) is 5.92 Å². The van der Waals surface area contributed by atoms with E-state index in [-0.39, 0.29) is 5.91 Å². The van der Waals surface area contributed by atoms with Gasteiger partial charge in [-0.2, -0.15) is 0 Å². The van der Waals surface area contributed by atoms with E-state index < -0.39 is 0 Å². The predicted octanol–water partition coefficient (Wildman–Crippen LogP) is 4.10. The van der Waals surface area contributed by atoms with Crippen LogP contribution < -0.4 is 0 Å². The van der Waals surface area contributed by atoms with Gasteiger partial charge in [0.1, 0.15) is 9.88 Å². The maximum absolute atomic E-state index is 13.0. The number of nitrogens with zero attached hydrogens (tertiary/aromatic N) is 4. The molecule has 0 unspecified atom stereocenters. The van der Waals surface area contributed by atoms with Gasteiger partial charge in [0.2, 0.25) is 0 Å². The minimum absolute atomic E-state index is 0.130. The van der Waals surface area contributed by atoms with Crippen molar-refractivity contribution < 1.29 is 4.79 Å². The quantitative estimate of drug-likeness (QED) is 0.719. The molecule has 0 atom stereocenters. The van der Waals surface area contributed by atoms with Crippen molar-refractivity contribution in [3.05, 3.63) is 35.0 Å². The number of amides is 1. The van der Waals surface area contributed by atoms with E-state index in [1.165, 1.54) is 30.7 Å². The molecule has 1 saturated heterocycles. The molecule has 6 heteroatoms. The summed E-state index contributed by atoms with van der Waals surface area (Å²) >= 11 is 1.46. The Morgan fingerprint density at radius 1 is 1.33 bits per heavy atom. The van der Waals surface area contributed by atoms with Gasteiger partial charge in [-0.15, -0.1) is 11.3 Å². The lowest BCUT2D eigenvalue weighted by Crippen LogP contribution is -2.41. The van der Waals surface area contributed by atoms with Crippen LogP contribution in [0.5, 0.6) is 0 Å². The zero-order valence-corrected chi connectivity index (χ0v) is 17.5. The molecule has 0 saturated carbocycles. The summed E-state index contributed by atoms with van der Waals surface area (Å²) in [7, 11) is 2.22. The lowest BCUT2D eigenvalue weighted by atomic mass is 9.96. The van der Waals surface area contributed by atoms with Crippen molar-refractivity contribution in [2.75, 3.05) is 33.2 Å². The van der Waals surface area contributed by atoms with Crippen LogP contribution in [0.4, 0.5) is 0 Å². The second kappa shape index (κ2) is 9.42. The fourth-order valence-corrected chi connectivity index (χ4v) is 4.63. The van der Waals surface area contributed by atoms with Crippen molar-refractivity contribution in [1.29, 1.82) is 0 Å². The molecular formula is C21H30N4OS. The summed E-state index contributed by atoms with van der Waals surface area (Å²) in [5, 5.41) is 0.823. The zero-order valence-electron chi connectivity index (χ0n) is 16.6. The second-order valence-corrected chi connectivity index (χ2v) is 8.50. The van der Waals surface area contributed by atoms with Gasteiger partial charge < -0.3 is 9.80 Å². The number of unbranched alkanes of at least 4 members (excludes halogenated alkanes) is 1. The Bertz CT molecular complexity index is 738. The number of carbonyl (C=O) groups is 1. The molecule has 0 aromatic carbocycles. The van der Waals surface area contributed by atoms with Crippen LogP contribution in [0, 0.1) is 12.8 Å². The highest BCUT2D eigenvalue weighted by Crippen LogP contribution is 2.29. The number of rotatable bonds is 7. The minimum atomic E-state index is 0.130. The SMILES string of the molecule is CCCCN(C)CC1CCN(C(=O)c2sc(-c3ccccn3)nc2C)CC1. The average Bonchev–Trinajstić information content (AvgIpc) is 3.09. The standard InChI is InChI=1S/C21H30N4OS/c1-4-5-12-24(3)15-17-9-13-25(14-10-17)21(26)19-16(2)23-20(27-19)18-8-6-7-11-22-18/h6-8,11,17H,4-5,9-10,12-15H2,1-3H3. The first-order valence-corrected chi connectivity index (χ1v) is 10.8. The van der Waals surface area contributed by atoms with Gasteiger partial charge in [-0.05, 0) is 57.8 Å². The number of piperidine rings is 1. The van der Waals surface area contributed by atoms with Crippen molar-refractivity contribution >= 4 is 17.2 Å². The minimum Gasteiger partial charge on any atom is -0.338 e. The molecule has 2 aromatic rings. The summed E-state index contributed by atoms with van der Waals surface area (Å²) in [5.74, 6) is 0.826. The molecular weight excluding hydrogens is 356 g/mol. The molecule has 0 aliphatic carbocycles. The third kappa shape index (κ3) is 5.14. The Morgan fingerprint density at radius 3 is 2.78 bits per heavy atom. The van der Waals surface area contributed by atoms with Crippen LogP contribution in [0.1, 0.15) is 48.0 Å². The molecule has 0 radical (unpaired) electrons. The number of thiazole rings is 1. The smallest absolute Gasteiger partial charge is 0.265 e. The molecule has 5 nitrogen and oxygen atoms in total. The molecule has 0 N–H and O–H groups in total. The topological polar surface area (TPSA) is 49.3 Å². The fraction of sp³-hybridized carbons (Fsp3) is 0.571. The van der Waals surface area contributed by atoms with Crippen LogP contribution in [0.2, 0.25) is 0 Å². The van der Waals surface area contributed by atoms with Crippen LogP contribution in [-0.2, 0) is 0 Å². The number of aromatic nitrogens is 2. The van der Waals surface area contributed by atoms with Gasteiger partial charge >= 0.3 is 0 Å². The first-order valence-electron chi connectivity index (χ1n) is 9.95. The van der Waals surface area contributed by atoms with Gasteiger partial charge in [0.15, 0.2) is 0 Å². The summed E-state index contributed by atoms with van der Waals surface area (Å²) < 4.78 is 0. The van der Waals surface area contributed by atoms with Gasteiger partial charge in [-0.3, -0.25) is 9.78 Å². The third-order valence-electron chi connectivity index (χ3n) is 5.24. The molecule has 0 bridgehead atoms. The van der Waals surface area contributed by atoms with E-state index in [9.17, 15) is 4.79 Å². The summed E-state index contributed by atoms with van der Waals surface area (Å²) in [4.78, 5) is 27.1. The number of hydrogen-bond acceptors (Lipinski definition) is 5. The van der Waals surface area contributed by atoms with Gasteiger partial charge in [0, 0.05) is 25.8 Å². The Labute approximate surface area is 166 Å². The van der Waals surface area contributed by atoms with E-state index in [1.54, 1.807) is 6.20 Å². The van der Waals surface area contributed by atoms with Crippen molar-refractivity contribution in [3.63, 3.8) is 0 Å². The fourth-order valence-electron chi connectivity index (χ4n) is 3.62. The molecule has 1 aliphatic heterocycles. The Morgan fingerprint density at radius 2 is 2.11 bits per heavy atom. The number of carbonyl (C=O) groups excluding carboxylic acids is 1. The molecule has 146 valence electrons. The molecule has 1 amide bonds. The number of pyridine rings is 1. The van der Waals surface area contributed by atoms with Gasteiger partial charge in [-0.1, -0.05) is 19.4 Å². The maximum atomic E-state index is 13.0. The molecule has 1 fully saturated rings. The average molecular weight is 387 g/mol. The van der Waals surface area contributed by atoms with Gasteiger partial charge in [0.05, 0.1) is 11.4 Å². The van der Waals surface area contributed by atoms with E-state index in [0.717, 1.165) is 53.7 Å². The van der Waals surface area contributed by atoms with E-state index in [4.69, 9.17) is 0 Å². The molecule has 3 heterocycles. The highest BCUT2D eigenvalue weighted by molar-refractivity contribution is 7.17. The normalized spacial score (nSPS) is 15.5. The van der Waals surface area contributed by atoms with Crippen molar-refractivity contribution in [2.24, 2.45) is 5.92 Å². The maximum Gasteiger partial charge on any atom is 0.265 e. The summed E-state index contributed by atoms with van der Waals surface area (Å²) in [5.41, 5.74) is 1.64. The number of aryl methyl sites for hydroxylation is 1. The summed E-state index contributed by atoms with van der Waals surface area (Å²) in [6, 6.07) is 5.77. The molecule has 1 aliphatic rings. The largest absolute Gasteiger partial charge is 0.338 e. The molecule has 2 aromatic heterocycles. The Balaban J connectivity index is 1.57.